The van der Waals surface area contributed by atoms with Crippen LogP contribution in [0.5, 0.6) is 0 Å². The Bertz CT molecular complexity index is 799. The molecule has 0 radical (unpaired) electrons. The number of aryl methyl sites for hydroxylation is 1. The summed E-state index contributed by atoms with van der Waals surface area (Å²) in [5, 5.41) is 3.04. The van der Waals surface area contributed by atoms with Crippen molar-refractivity contribution in [1.82, 2.24) is 19.8 Å². The van der Waals surface area contributed by atoms with Crippen molar-refractivity contribution in [3.8, 4) is 0 Å². The molecule has 2 amide bonds. The highest BCUT2D eigenvalue weighted by Gasteiger charge is 2.26. The number of likely N-dealkylation sites (tertiary alicyclic amines) is 1. The number of nitrogens with one attached hydrogen (secondary N) is 1. The average Bonchev–Trinajstić information content (AvgIpc) is 2.96. The van der Waals surface area contributed by atoms with Gasteiger partial charge in [0.2, 0.25) is 0 Å². The fourth-order valence-corrected chi connectivity index (χ4v) is 3.66. The number of imidazole rings is 1. The Hall–Kier alpha value is -2.37. The second kappa shape index (κ2) is 8.33. The molecule has 5 nitrogen and oxygen atoms in total. The van der Waals surface area contributed by atoms with E-state index in [0.29, 0.717) is 12.5 Å². The maximum atomic E-state index is 13.2. The van der Waals surface area contributed by atoms with E-state index < -0.39 is 0 Å². The number of aromatic nitrogens is 2. The lowest BCUT2D eigenvalue weighted by atomic mass is 9.93. The van der Waals surface area contributed by atoms with E-state index in [-0.39, 0.29) is 17.4 Å². The molecule has 0 bridgehead atoms. The lowest BCUT2D eigenvalue weighted by Gasteiger charge is -2.34. The molecule has 0 atom stereocenters. The van der Waals surface area contributed by atoms with E-state index in [1.165, 1.54) is 12.1 Å². The van der Waals surface area contributed by atoms with E-state index in [0.717, 1.165) is 49.4 Å². The monoisotopic (exact) mass is 386 g/mol. The van der Waals surface area contributed by atoms with E-state index in [2.05, 4.69) is 21.8 Å². The van der Waals surface area contributed by atoms with Gasteiger partial charge in [0, 0.05) is 43.5 Å². The molecule has 2 heterocycles. The summed E-state index contributed by atoms with van der Waals surface area (Å²) >= 11 is 0. The number of nitrogens with zero attached hydrogens (tertiary/aromatic N) is 3. The maximum absolute atomic E-state index is 13.2. The number of halogens is 1. The smallest absolute Gasteiger partial charge is 0.317 e. The molecule has 28 heavy (non-hydrogen) atoms. The van der Waals surface area contributed by atoms with Crippen LogP contribution >= 0.6 is 0 Å². The van der Waals surface area contributed by atoms with Gasteiger partial charge in [0.25, 0.3) is 0 Å². The molecule has 0 saturated carbocycles. The SMILES string of the molecule is Cc1cnc(CC2CCN(C(=O)NC(C)(C)C)CC2)n1Cc1ccc(F)cc1. The predicted octanol–water partition coefficient (Wildman–Crippen LogP) is 4.14. The van der Waals surface area contributed by atoms with Gasteiger partial charge < -0.3 is 14.8 Å². The molecule has 0 aliphatic carbocycles. The molecular weight excluding hydrogens is 355 g/mol. The van der Waals surface area contributed by atoms with Crippen LogP contribution in [0.3, 0.4) is 0 Å². The van der Waals surface area contributed by atoms with Gasteiger partial charge in [0.05, 0.1) is 0 Å². The predicted molar refractivity (Wildman–Crippen MR) is 109 cm³/mol. The van der Waals surface area contributed by atoms with Crippen LogP contribution in [0.1, 0.15) is 50.7 Å². The Morgan fingerprint density at radius 2 is 1.86 bits per heavy atom. The van der Waals surface area contributed by atoms with Gasteiger partial charge in [0.15, 0.2) is 0 Å². The molecule has 1 aliphatic heterocycles. The Kier molecular flexibility index (Phi) is 6.06. The Morgan fingerprint density at radius 1 is 1.21 bits per heavy atom. The molecule has 1 N–H and O–H groups in total. The number of amides is 2. The number of urea groups is 1. The number of rotatable bonds is 4. The first kappa shape index (κ1) is 20.4. The zero-order chi connectivity index (χ0) is 20.3. The summed E-state index contributed by atoms with van der Waals surface area (Å²) in [6.07, 6.45) is 4.79. The van der Waals surface area contributed by atoms with Gasteiger partial charge in [-0.1, -0.05) is 12.1 Å². The molecule has 1 saturated heterocycles. The number of carbonyl (C=O) groups is 1. The Morgan fingerprint density at radius 3 is 2.46 bits per heavy atom. The van der Waals surface area contributed by atoms with Crippen LogP contribution < -0.4 is 5.32 Å². The standard InChI is InChI=1S/C22H31FN4O/c1-16-14-24-20(27(16)15-18-5-7-19(23)8-6-18)13-17-9-11-26(12-10-17)21(28)25-22(2,3)4/h5-8,14,17H,9-13,15H2,1-4H3,(H,25,28). The minimum atomic E-state index is -0.214. The highest BCUT2D eigenvalue weighted by Crippen LogP contribution is 2.23. The highest BCUT2D eigenvalue weighted by molar-refractivity contribution is 5.75. The minimum absolute atomic E-state index is 0.0274. The van der Waals surface area contributed by atoms with E-state index in [1.54, 1.807) is 0 Å². The summed E-state index contributed by atoms with van der Waals surface area (Å²) < 4.78 is 15.4. The van der Waals surface area contributed by atoms with Crippen LogP contribution in [0, 0.1) is 18.7 Å². The topological polar surface area (TPSA) is 50.2 Å². The van der Waals surface area contributed by atoms with Gasteiger partial charge in [-0.3, -0.25) is 0 Å². The summed E-state index contributed by atoms with van der Waals surface area (Å²) in [4.78, 5) is 18.9. The Labute approximate surface area is 167 Å². The van der Waals surface area contributed by atoms with Gasteiger partial charge in [-0.15, -0.1) is 0 Å². The van der Waals surface area contributed by atoms with Crippen molar-refractivity contribution >= 4 is 6.03 Å². The first-order chi connectivity index (χ1) is 13.2. The quantitative estimate of drug-likeness (QED) is 0.858. The highest BCUT2D eigenvalue weighted by atomic mass is 19.1. The van der Waals surface area contributed by atoms with Gasteiger partial charge >= 0.3 is 6.03 Å². The zero-order valence-corrected chi connectivity index (χ0v) is 17.3. The van der Waals surface area contributed by atoms with Crippen LogP contribution in [0.2, 0.25) is 0 Å². The molecule has 6 heteroatoms. The van der Waals surface area contributed by atoms with Crippen LogP contribution in [-0.2, 0) is 13.0 Å². The summed E-state index contributed by atoms with van der Waals surface area (Å²) in [7, 11) is 0. The fraction of sp³-hybridized carbons (Fsp3) is 0.545. The summed E-state index contributed by atoms with van der Waals surface area (Å²) in [6, 6.07) is 6.68. The second-order valence-corrected chi connectivity index (χ2v) is 8.84. The fourth-order valence-electron chi connectivity index (χ4n) is 3.66. The molecule has 1 aliphatic rings. The lowest BCUT2D eigenvalue weighted by molar-refractivity contribution is 0.162. The number of carbonyl (C=O) groups excluding carboxylic acids is 1. The van der Waals surface area contributed by atoms with E-state index in [1.807, 2.05) is 44.0 Å². The zero-order valence-electron chi connectivity index (χ0n) is 17.3. The number of hydrogen-bond donors (Lipinski definition) is 1. The molecular formula is C22H31FN4O. The van der Waals surface area contributed by atoms with Crippen molar-refractivity contribution in [1.29, 1.82) is 0 Å². The van der Waals surface area contributed by atoms with Crippen molar-refractivity contribution in [3.63, 3.8) is 0 Å². The number of hydrogen-bond acceptors (Lipinski definition) is 2. The largest absolute Gasteiger partial charge is 0.333 e. The molecule has 2 aromatic rings. The van der Waals surface area contributed by atoms with Crippen molar-refractivity contribution in [2.75, 3.05) is 13.1 Å². The normalized spacial score (nSPS) is 15.7. The first-order valence-electron chi connectivity index (χ1n) is 10.0. The van der Waals surface area contributed by atoms with Crippen molar-refractivity contribution in [3.05, 3.63) is 53.4 Å². The minimum Gasteiger partial charge on any atom is -0.333 e. The van der Waals surface area contributed by atoms with E-state index in [4.69, 9.17) is 0 Å². The Balaban J connectivity index is 1.58. The van der Waals surface area contributed by atoms with Crippen molar-refractivity contribution in [2.45, 2.75) is 59.0 Å². The summed E-state index contributed by atoms with van der Waals surface area (Å²) in [6.45, 7) is 10.3. The molecule has 3 rings (SSSR count). The first-order valence-corrected chi connectivity index (χ1v) is 10.0. The van der Waals surface area contributed by atoms with Gasteiger partial charge in [-0.05, 0) is 64.2 Å². The third-order valence-electron chi connectivity index (χ3n) is 5.25. The van der Waals surface area contributed by atoms with Crippen molar-refractivity contribution < 1.29 is 9.18 Å². The molecule has 0 spiro atoms. The van der Waals surface area contributed by atoms with Crippen molar-refractivity contribution in [2.24, 2.45) is 5.92 Å². The molecule has 1 fully saturated rings. The lowest BCUT2D eigenvalue weighted by Crippen LogP contribution is -2.50. The van der Waals surface area contributed by atoms with Gasteiger partial charge in [-0.2, -0.15) is 0 Å². The van der Waals surface area contributed by atoms with Gasteiger partial charge in [0.1, 0.15) is 11.6 Å². The van der Waals surface area contributed by atoms with Crippen LogP contribution in [0.4, 0.5) is 9.18 Å². The van der Waals surface area contributed by atoms with E-state index in [9.17, 15) is 9.18 Å². The molecule has 152 valence electrons. The molecule has 1 aromatic carbocycles. The second-order valence-electron chi connectivity index (χ2n) is 8.84. The van der Waals surface area contributed by atoms with Crippen LogP contribution in [0.15, 0.2) is 30.5 Å². The molecule has 1 aromatic heterocycles. The van der Waals surface area contributed by atoms with Crippen LogP contribution in [0.25, 0.3) is 0 Å². The number of benzene rings is 1. The average molecular weight is 387 g/mol. The summed E-state index contributed by atoms with van der Waals surface area (Å²) in [5.41, 5.74) is 1.97. The maximum Gasteiger partial charge on any atom is 0.317 e. The third kappa shape index (κ3) is 5.33. The molecule has 0 unspecified atom stereocenters. The van der Waals surface area contributed by atoms with E-state index >= 15 is 0 Å². The summed E-state index contributed by atoms with van der Waals surface area (Å²) in [5.74, 6) is 1.38. The van der Waals surface area contributed by atoms with Gasteiger partial charge in [-0.25, -0.2) is 14.2 Å². The number of piperidine rings is 1. The van der Waals surface area contributed by atoms with Crippen LogP contribution in [-0.4, -0.2) is 39.1 Å². The third-order valence-corrected chi connectivity index (χ3v) is 5.25.